The van der Waals surface area contributed by atoms with E-state index in [0.717, 1.165) is 16.9 Å². The van der Waals surface area contributed by atoms with Gasteiger partial charge in [-0.2, -0.15) is 0 Å². The van der Waals surface area contributed by atoms with Crippen LogP contribution in [0.4, 0.5) is 0 Å². The maximum absolute atomic E-state index is 12.5. The van der Waals surface area contributed by atoms with Gasteiger partial charge in [0.15, 0.2) is 17.2 Å². The quantitative estimate of drug-likeness (QED) is 0.393. The fourth-order valence-electron chi connectivity index (χ4n) is 3.03. The molecule has 156 valence electrons. The van der Waals surface area contributed by atoms with Crippen molar-refractivity contribution in [3.63, 3.8) is 0 Å². The molecule has 0 atom stereocenters. The molecule has 3 aromatic rings. The summed E-state index contributed by atoms with van der Waals surface area (Å²) in [6, 6.07) is 11.3. The fourth-order valence-corrected chi connectivity index (χ4v) is 4.20. The normalized spacial score (nSPS) is 12.1. The number of rotatable bonds is 7. The molecule has 30 heavy (non-hydrogen) atoms. The average molecular weight is 447 g/mol. The number of thioether (sulfide) groups is 1. The number of ether oxygens (including phenoxy) is 4. The van der Waals surface area contributed by atoms with Crippen molar-refractivity contribution in [2.75, 3.05) is 21.0 Å². The number of nitrogens with zero attached hydrogens (tertiary/aromatic N) is 2. The van der Waals surface area contributed by atoms with E-state index in [1.807, 2.05) is 30.3 Å². The molecule has 0 fully saturated rings. The summed E-state index contributed by atoms with van der Waals surface area (Å²) in [5.74, 6) is 2.22. The third-order valence-electron chi connectivity index (χ3n) is 4.60. The van der Waals surface area contributed by atoms with Crippen molar-refractivity contribution in [2.45, 2.75) is 17.3 Å². The van der Waals surface area contributed by atoms with E-state index in [1.165, 1.54) is 18.9 Å². The van der Waals surface area contributed by atoms with Crippen LogP contribution in [0.1, 0.15) is 21.6 Å². The molecule has 7 nitrogen and oxygen atoms in total. The Morgan fingerprint density at radius 1 is 1.20 bits per heavy atom. The lowest BCUT2D eigenvalue weighted by Crippen LogP contribution is -2.12. The molecule has 1 aromatic heterocycles. The lowest BCUT2D eigenvalue weighted by Gasteiger charge is -2.10. The van der Waals surface area contributed by atoms with E-state index in [0.29, 0.717) is 39.5 Å². The highest BCUT2D eigenvalue weighted by molar-refractivity contribution is 7.98. The number of hydrogen-bond donors (Lipinski definition) is 0. The molecule has 2 aromatic carbocycles. The standard InChI is InChI=1S/C21H19ClN2O5S/c1-26-15-5-3-13(4-6-15)10-30-20-19(21(25)27-2)24(11-23-20)9-14-7-17-18(8-16(14)22)29-12-28-17/h3-8,11H,9-10,12H2,1-2H3. The van der Waals surface area contributed by atoms with Crippen molar-refractivity contribution in [2.24, 2.45) is 0 Å². The van der Waals surface area contributed by atoms with Gasteiger partial charge in [0.25, 0.3) is 0 Å². The van der Waals surface area contributed by atoms with Gasteiger partial charge < -0.3 is 23.5 Å². The van der Waals surface area contributed by atoms with Gasteiger partial charge in [0.05, 0.1) is 27.1 Å². The van der Waals surface area contributed by atoms with Crippen LogP contribution < -0.4 is 14.2 Å². The smallest absolute Gasteiger partial charge is 0.357 e. The van der Waals surface area contributed by atoms with E-state index in [4.69, 9.17) is 30.5 Å². The minimum Gasteiger partial charge on any atom is -0.497 e. The van der Waals surface area contributed by atoms with Crippen molar-refractivity contribution in [3.8, 4) is 17.2 Å². The van der Waals surface area contributed by atoms with Crippen LogP contribution in [0.2, 0.25) is 5.02 Å². The Hall–Kier alpha value is -2.84. The third-order valence-corrected chi connectivity index (χ3v) is 6.00. The molecule has 0 aliphatic carbocycles. The van der Waals surface area contributed by atoms with Crippen LogP contribution in [0.25, 0.3) is 0 Å². The summed E-state index contributed by atoms with van der Waals surface area (Å²) >= 11 is 7.86. The highest BCUT2D eigenvalue weighted by atomic mass is 35.5. The molecule has 0 saturated heterocycles. The third kappa shape index (κ3) is 4.20. The molecular weight excluding hydrogens is 428 g/mol. The molecule has 0 N–H and O–H groups in total. The lowest BCUT2D eigenvalue weighted by molar-refractivity contribution is 0.0584. The van der Waals surface area contributed by atoms with Crippen LogP contribution in [0.3, 0.4) is 0 Å². The molecule has 0 saturated carbocycles. The number of carbonyl (C=O) groups is 1. The topological polar surface area (TPSA) is 71.8 Å². The van der Waals surface area contributed by atoms with Crippen molar-refractivity contribution in [3.05, 3.63) is 64.6 Å². The first kappa shape index (κ1) is 20.4. The highest BCUT2D eigenvalue weighted by Gasteiger charge is 2.22. The van der Waals surface area contributed by atoms with Crippen molar-refractivity contribution < 1.29 is 23.7 Å². The largest absolute Gasteiger partial charge is 0.497 e. The number of carbonyl (C=O) groups excluding carboxylic acids is 1. The Kier molecular flexibility index (Phi) is 6.06. The monoisotopic (exact) mass is 446 g/mol. The van der Waals surface area contributed by atoms with Gasteiger partial charge >= 0.3 is 5.97 Å². The number of esters is 1. The van der Waals surface area contributed by atoms with Gasteiger partial charge in [0.1, 0.15) is 10.8 Å². The zero-order chi connectivity index (χ0) is 21.1. The van der Waals surface area contributed by atoms with E-state index in [9.17, 15) is 4.79 Å². The first-order valence-corrected chi connectivity index (χ1v) is 10.4. The Labute approximate surface area is 182 Å². The van der Waals surface area contributed by atoms with Crippen LogP contribution in [0, 0.1) is 0 Å². The number of halogens is 1. The van der Waals surface area contributed by atoms with Gasteiger partial charge in [-0.15, -0.1) is 0 Å². The highest BCUT2D eigenvalue weighted by Crippen LogP contribution is 2.37. The van der Waals surface area contributed by atoms with Crippen molar-refractivity contribution >= 4 is 29.3 Å². The molecule has 0 spiro atoms. The van der Waals surface area contributed by atoms with Gasteiger partial charge in [-0.05, 0) is 29.3 Å². The van der Waals surface area contributed by atoms with Gasteiger partial charge in [-0.1, -0.05) is 35.5 Å². The zero-order valence-electron chi connectivity index (χ0n) is 16.4. The SMILES string of the molecule is COC(=O)c1c(SCc2ccc(OC)cc2)ncn1Cc1cc2c(cc1Cl)OCO2. The molecule has 4 rings (SSSR count). The lowest BCUT2D eigenvalue weighted by atomic mass is 10.2. The maximum atomic E-state index is 12.5. The number of fused-ring (bicyclic) bond motifs is 1. The van der Waals surface area contributed by atoms with Crippen LogP contribution in [0.5, 0.6) is 17.2 Å². The van der Waals surface area contributed by atoms with Crippen molar-refractivity contribution in [1.29, 1.82) is 0 Å². The molecular formula is C21H19ClN2O5S. The molecule has 1 aliphatic rings. The van der Waals surface area contributed by atoms with Crippen LogP contribution >= 0.6 is 23.4 Å². The predicted octanol–water partition coefficient (Wildman–Crippen LogP) is 4.40. The Balaban J connectivity index is 1.57. The van der Waals surface area contributed by atoms with E-state index >= 15 is 0 Å². The number of methoxy groups -OCH3 is 2. The molecule has 0 amide bonds. The summed E-state index contributed by atoms with van der Waals surface area (Å²) in [7, 11) is 2.98. The minimum absolute atomic E-state index is 0.166. The summed E-state index contributed by atoms with van der Waals surface area (Å²) < 4.78 is 22.7. The zero-order valence-corrected chi connectivity index (χ0v) is 18.0. The summed E-state index contributed by atoms with van der Waals surface area (Å²) in [5.41, 5.74) is 2.25. The van der Waals surface area contributed by atoms with Crippen LogP contribution in [0.15, 0.2) is 47.8 Å². The molecule has 0 unspecified atom stereocenters. The second-order valence-corrected chi connectivity index (χ2v) is 7.82. The maximum Gasteiger partial charge on any atom is 0.357 e. The average Bonchev–Trinajstić information content (AvgIpc) is 3.38. The number of benzene rings is 2. The Morgan fingerprint density at radius 3 is 2.63 bits per heavy atom. The summed E-state index contributed by atoms with van der Waals surface area (Å²) in [4.78, 5) is 16.9. The van der Waals surface area contributed by atoms with Gasteiger partial charge in [-0.3, -0.25) is 0 Å². The van der Waals surface area contributed by atoms with Gasteiger partial charge in [0.2, 0.25) is 6.79 Å². The first-order chi connectivity index (χ1) is 14.6. The van der Waals surface area contributed by atoms with Crippen LogP contribution in [-0.2, 0) is 17.0 Å². The molecule has 0 radical (unpaired) electrons. The molecule has 0 bridgehead atoms. The second kappa shape index (κ2) is 8.89. The first-order valence-electron chi connectivity index (χ1n) is 9.06. The van der Waals surface area contributed by atoms with E-state index in [2.05, 4.69) is 4.98 Å². The molecule has 2 heterocycles. The Morgan fingerprint density at radius 2 is 1.93 bits per heavy atom. The van der Waals surface area contributed by atoms with Gasteiger partial charge in [-0.25, -0.2) is 9.78 Å². The molecule has 1 aliphatic heterocycles. The molecule has 9 heteroatoms. The second-order valence-electron chi connectivity index (χ2n) is 6.45. The number of aromatic nitrogens is 2. The Bertz CT molecular complexity index is 1070. The van der Waals surface area contributed by atoms with E-state index < -0.39 is 5.97 Å². The van der Waals surface area contributed by atoms with Crippen molar-refractivity contribution in [1.82, 2.24) is 9.55 Å². The van der Waals surface area contributed by atoms with E-state index in [-0.39, 0.29) is 6.79 Å². The number of imidazole rings is 1. The summed E-state index contributed by atoms with van der Waals surface area (Å²) in [5, 5.41) is 1.12. The minimum atomic E-state index is -0.457. The summed E-state index contributed by atoms with van der Waals surface area (Å²) in [6.45, 7) is 0.510. The fraction of sp³-hybridized carbons (Fsp3) is 0.238. The van der Waals surface area contributed by atoms with Crippen LogP contribution in [-0.4, -0.2) is 36.5 Å². The summed E-state index contributed by atoms with van der Waals surface area (Å²) in [6.07, 6.45) is 1.61. The predicted molar refractivity (Wildman–Crippen MR) is 113 cm³/mol. The van der Waals surface area contributed by atoms with E-state index in [1.54, 1.807) is 24.1 Å². The van der Waals surface area contributed by atoms with Gasteiger partial charge in [0, 0.05) is 16.8 Å². The number of hydrogen-bond acceptors (Lipinski definition) is 7.